The maximum Gasteiger partial charge on any atom is 0.260 e. The number of nitrogens with zero attached hydrogens (tertiary/aromatic N) is 2. The monoisotopic (exact) mass is 535 g/mol. The lowest BCUT2D eigenvalue weighted by Crippen LogP contribution is -2.39. The molecular formula is C28H26ClN3O4S. The summed E-state index contributed by atoms with van der Waals surface area (Å²) in [7, 11) is -3.72. The van der Waals surface area contributed by atoms with E-state index in [9.17, 15) is 13.2 Å². The van der Waals surface area contributed by atoms with E-state index >= 15 is 0 Å². The first-order chi connectivity index (χ1) is 17.7. The molecule has 0 bridgehead atoms. The number of hydrogen-bond donors (Lipinski definition) is 1. The minimum absolute atomic E-state index is 0.341. The average molecular weight is 536 g/mol. The van der Waals surface area contributed by atoms with E-state index in [1.807, 2.05) is 42.5 Å². The van der Waals surface area contributed by atoms with E-state index < -0.39 is 22.5 Å². The Balaban J connectivity index is 1.33. The summed E-state index contributed by atoms with van der Waals surface area (Å²) in [6.07, 6.45) is 2.51. The Bertz CT molecular complexity index is 1550. The van der Waals surface area contributed by atoms with Crippen molar-refractivity contribution in [2.75, 3.05) is 17.1 Å². The number of carbonyl (C=O) groups excluding carboxylic acids is 1. The number of fused-ring (bicyclic) bond motifs is 1. The van der Waals surface area contributed by atoms with Crippen LogP contribution in [0, 0.1) is 6.92 Å². The molecule has 0 atom stereocenters. The number of amides is 1. The van der Waals surface area contributed by atoms with Crippen LogP contribution in [-0.4, -0.2) is 33.3 Å². The van der Waals surface area contributed by atoms with E-state index in [-0.39, 0.29) is 0 Å². The zero-order valence-corrected chi connectivity index (χ0v) is 22.0. The molecule has 190 valence electrons. The molecule has 0 saturated carbocycles. The fraction of sp³-hybridized carbons (Fsp3) is 0.143. The fourth-order valence-corrected chi connectivity index (χ4v) is 4.81. The van der Waals surface area contributed by atoms with Gasteiger partial charge in [-0.3, -0.25) is 9.10 Å². The van der Waals surface area contributed by atoms with Gasteiger partial charge in [0.25, 0.3) is 5.91 Å². The molecule has 0 aliphatic carbocycles. The maximum absolute atomic E-state index is 12.4. The second kappa shape index (κ2) is 11.5. The molecule has 9 heteroatoms. The molecule has 0 radical (unpaired) electrons. The molecule has 1 N–H and O–H groups in total. The third-order valence-electron chi connectivity index (χ3n) is 5.70. The highest BCUT2D eigenvalue weighted by Gasteiger charge is 2.23. The van der Waals surface area contributed by atoms with Gasteiger partial charge in [-0.25, -0.2) is 13.8 Å². The molecule has 0 unspecified atom stereocenters. The van der Waals surface area contributed by atoms with Crippen molar-refractivity contribution in [3.05, 3.63) is 107 Å². The first-order valence-corrected chi connectivity index (χ1v) is 13.7. The number of benzene rings is 4. The molecule has 7 nitrogen and oxygen atoms in total. The van der Waals surface area contributed by atoms with Gasteiger partial charge in [0.1, 0.15) is 18.9 Å². The Morgan fingerprint density at radius 1 is 1.00 bits per heavy atom. The molecule has 4 aromatic carbocycles. The van der Waals surface area contributed by atoms with Gasteiger partial charge in [-0.1, -0.05) is 54.1 Å². The number of halogens is 1. The standard InChI is InChI=1S/C28H26ClN3O4S/c1-20-26(29)8-5-9-27(20)32(37(2,34)35)18-28(33)31-30-17-21-11-14-25(15-12-21)36-19-22-10-13-23-6-3-4-7-24(23)16-22/h3-17H,18-19H2,1-2H3,(H,31,33)/b30-17-. The average Bonchev–Trinajstić information content (AvgIpc) is 2.88. The van der Waals surface area contributed by atoms with Crippen LogP contribution >= 0.6 is 11.6 Å². The van der Waals surface area contributed by atoms with Gasteiger partial charge in [0.05, 0.1) is 18.2 Å². The van der Waals surface area contributed by atoms with Crippen LogP contribution < -0.4 is 14.5 Å². The lowest BCUT2D eigenvalue weighted by atomic mass is 10.1. The number of hydrogen-bond acceptors (Lipinski definition) is 5. The Kier molecular flexibility index (Phi) is 8.11. The third kappa shape index (κ3) is 6.87. The first kappa shape index (κ1) is 26.2. The number of ether oxygens (including phenoxy) is 1. The van der Waals surface area contributed by atoms with Gasteiger partial charge in [0, 0.05) is 5.02 Å². The fourth-order valence-electron chi connectivity index (χ4n) is 3.74. The van der Waals surface area contributed by atoms with Gasteiger partial charge in [-0.2, -0.15) is 5.10 Å². The minimum atomic E-state index is -3.72. The van der Waals surface area contributed by atoms with Crippen molar-refractivity contribution in [2.24, 2.45) is 5.10 Å². The second-order valence-electron chi connectivity index (χ2n) is 8.49. The van der Waals surface area contributed by atoms with E-state index in [4.69, 9.17) is 16.3 Å². The highest BCUT2D eigenvalue weighted by Crippen LogP contribution is 2.28. The van der Waals surface area contributed by atoms with Crippen LogP contribution in [0.1, 0.15) is 16.7 Å². The van der Waals surface area contributed by atoms with Gasteiger partial charge in [-0.15, -0.1) is 0 Å². The molecule has 0 saturated heterocycles. The molecule has 0 aromatic heterocycles. The third-order valence-corrected chi connectivity index (χ3v) is 7.23. The summed E-state index contributed by atoms with van der Waals surface area (Å²) in [4.78, 5) is 12.4. The predicted molar refractivity (Wildman–Crippen MR) is 149 cm³/mol. The molecule has 0 heterocycles. The number of hydrazone groups is 1. The highest BCUT2D eigenvalue weighted by atomic mass is 35.5. The topological polar surface area (TPSA) is 88.1 Å². The number of anilines is 1. The summed E-state index contributed by atoms with van der Waals surface area (Å²) in [5, 5.41) is 6.71. The van der Waals surface area contributed by atoms with Gasteiger partial charge in [-0.05, 0) is 76.9 Å². The minimum Gasteiger partial charge on any atom is -0.489 e. The van der Waals surface area contributed by atoms with E-state index in [2.05, 4.69) is 34.8 Å². The van der Waals surface area contributed by atoms with Crippen LogP contribution in [0.4, 0.5) is 5.69 Å². The van der Waals surface area contributed by atoms with Gasteiger partial charge in [0.2, 0.25) is 10.0 Å². The lowest BCUT2D eigenvalue weighted by Gasteiger charge is -2.23. The molecule has 0 fully saturated rings. The van der Waals surface area contributed by atoms with Crippen molar-refractivity contribution >= 4 is 50.2 Å². The van der Waals surface area contributed by atoms with E-state index in [0.29, 0.717) is 28.6 Å². The molecule has 0 aliphatic heterocycles. The summed E-state index contributed by atoms with van der Waals surface area (Å²) in [5.74, 6) is 0.117. The molecule has 37 heavy (non-hydrogen) atoms. The van der Waals surface area contributed by atoms with E-state index in [1.54, 1.807) is 25.1 Å². The Hall–Kier alpha value is -3.88. The van der Waals surface area contributed by atoms with Crippen molar-refractivity contribution in [3.63, 3.8) is 0 Å². The zero-order chi connectivity index (χ0) is 26.4. The quantitative estimate of drug-likeness (QED) is 0.233. The molecule has 0 aliphatic rings. The van der Waals surface area contributed by atoms with Crippen LogP contribution in [0.15, 0.2) is 90.0 Å². The van der Waals surface area contributed by atoms with Crippen molar-refractivity contribution in [3.8, 4) is 5.75 Å². The number of rotatable bonds is 9. The Morgan fingerprint density at radius 2 is 1.73 bits per heavy atom. The Labute approximate surface area is 221 Å². The summed E-state index contributed by atoms with van der Waals surface area (Å²) < 4.78 is 31.5. The normalized spacial score (nSPS) is 11.5. The van der Waals surface area contributed by atoms with Crippen molar-refractivity contribution in [1.29, 1.82) is 0 Å². The first-order valence-electron chi connectivity index (χ1n) is 11.5. The van der Waals surface area contributed by atoms with Crippen LogP contribution in [0.5, 0.6) is 5.75 Å². The van der Waals surface area contributed by atoms with Gasteiger partial charge < -0.3 is 4.74 Å². The molecule has 0 spiro atoms. The van der Waals surface area contributed by atoms with Crippen molar-refractivity contribution in [1.82, 2.24) is 5.43 Å². The predicted octanol–water partition coefficient (Wildman–Crippen LogP) is 5.30. The molecular weight excluding hydrogens is 510 g/mol. The molecule has 4 aromatic rings. The van der Waals surface area contributed by atoms with Crippen LogP contribution in [0.3, 0.4) is 0 Å². The zero-order valence-electron chi connectivity index (χ0n) is 20.4. The van der Waals surface area contributed by atoms with Crippen LogP contribution in [-0.2, 0) is 21.4 Å². The number of nitrogens with one attached hydrogen (secondary N) is 1. The summed E-state index contributed by atoms with van der Waals surface area (Å²) >= 11 is 6.12. The maximum atomic E-state index is 12.4. The van der Waals surface area contributed by atoms with Crippen molar-refractivity contribution in [2.45, 2.75) is 13.5 Å². The highest BCUT2D eigenvalue weighted by molar-refractivity contribution is 7.92. The van der Waals surface area contributed by atoms with E-state index in [0.717, 1.165) is 21.7 Å². The van der Waals surface area contributed by atoms with Gasteiger partial charge in [0.15, 0.2) is 0 Å². The van der Waals surface area contributed by atoms with Crippen LogP contribution in [0.2, 0.25) is 5.02 Å². The van der Waals surface area contributed by atoms with Crippen molar-refractivity contribution < 1.29 is 17.9 Å². The summed E-state index contributed by atoms with van der Waals surface area (Å²) in [5.41, 5.74) is 5.09. The smallest absolute Gasteiger partial charge is 0.260 e. The second-order valence-corrected chi connectivity index (χ2v) is 10.8. The lowest BCUT2D eigenvalue weighted by molar-refractivity contribution is -0.119. The van der Waals surface area contributed by atoms with Crippen LogP contribution in [0.25, 0.3) is 10.8 Å². The number of sulfonamides is 1. The Morgan fingerprint density at radius 3 is 2.46 bits per heavy atom. The largest absolute Gasteiger partial charge is 0.489 e. The van der Waals surface area contributed by atoms with Gasteiger partial charge >= 0.3 is 0 Å². The molecule has 4 rings (SSSR count). The summed E-state index contributed by atoms with van der Waals surface area (Å²) in [6.45, 7) is 1.71. The number of carbonyl (C=O) groups is 1. The molecule has 1 amide bonds. The van der Waals surface area contributed by atoms with E-state index in [1.165, 1.54) is 17.0 Å². The SMILES string of the molecule is Cc1c(Cl)cccc1N(CC(=O)N/N=C\c1ccc(OCc2ccc3ccccc3c2)cc1)S(C)(=O)=O. The summed E-state index contributed by atoms with van der Waals surface area (Å²) in [6, 6.07) is 26.5.